The average molecular weight is 425 g/mol. The molecule has 0 aliphatic carbocycles. The molecular weight excluding hydrogens is 404 g/mol. The lowest BCUT2D eigenvalue weighted by molar-refractivity contribution is 0.102. The Hall–Kier alpha value is -2.40. The molecule has 27 heavy (non-hydrogen) atoms. The van der Waals surface area contributed by atoms with Crippen molar-refractivity contribution in [1.29, 1.82) is 0 Å². The first-order valence-electron chi connectivity index (χ1n) is 8.92. The van der Waals surface area contributed by atoms with Crippen LogP contribution in [-0.2, 0) is 5.41 Å². The van der Waals surface area contributed by atoms with Gasteiger partial charge >= 0.3 is 0 Å². The Bertz CT molecular complexity index is 1000. The second-order valence-electron chi connectivity index (χ2n) is 7.77. The number of carbonyl (C=O) groups is 1. The van der Waals surface area contributed by atoms with Gasteiger partial charge in [0.25, 0.3) is 0 Å². The van der Waals surface area contributed by atoms with Crippen LogP contribution in [0.2, 0.25) is 0 Å². The van der Waals surface area contributed by atoms with Crippen molar-refractivity contribution < 1.29 is 9.53 Å². The second kappa shape index (κ2) is 6.64. The van der Waals surface area contributed by atoms with Crippen molar-refractivity contribution in [3.8, 4) is 17.1 Å². The van der Waals surface area contributed by atoms with Crippen molar-refractivity contribution in [3.05, 3.63) is 71.5 Å². The number of halogens is 1. The summed E-state index contributed by atoms with van der Waals surface area (Å²) in [4.78, 5) is 16.6. The third-order valence-corrected chi connectivity index (χ3v) is 5.40. The molecule has 0 bridgehead atoms. The molecule has 1 aliphatic heterocycles. The first kappa shape index (κ1) is 18.0. The van der Waals surface area contributed by atoms with E-state index in [0.29, 0.717) is 11.3 Å². The first-order valence-corrected chi connectivity index (χ1v) is 10.0. The maximum Gasteiger partial charge on any atom is 0.203 e. The van der Waals surface area contributed by atoms with Crippen LogP contribution in [0.25, 0.3) is 11.4 Å². The number of imidazole rings is 1. The van der Waals surface area contributed by atoms with E-state index in [9.17, 15) is 4.79 Å². The van der Waals surface area contributed by atoms with Gasteiger partial charge in [0.05, 0.1) is 10.9 Å². The molecule has 2 aromatic carbocycles. The number of hydrogen-bond donors (Lipinski definition) is 0. The summed E-state index contributed by atoms with van der Waals surface area (Å²) < 4.78 is 8.35. The Balaban J connectivity index is 1.76. The molecule has 138 valence electrons. The highest BCUT2D eigenvalue weighted by atomic mass is 79.9. The highest BCUT2D eigenvalue weighted by Gasteiger charge is 2.28. The molecule has 0 amide bonds. The summed E-state index contributed by atoms with van der Waals surface area (Å²) in [6.45, 7) is 6.60. The van der Waals surface area contributed by atoms with Crippen molar-refractivity contribution in [2.45, 2.75) is 32.4 Å². The minimum absolute atomic E-state index is 0.0291. The quantitative estimate of drug-likeness (QED) is 0.419. The summed E-state index contributed by atoms with van der Waals surface area (Å²) in [7, 11) is 0. The average Bonchev–Trinajstić information content (AvgIpc) is 3.15. The van der Waals surface area contributed by atoms with E-state index in [1.54, 1.807) is 6.20 Å². The number of ketones is 1. The summed E-state index contributed by atoms with van der Waals surface area (Å²) in [5.74, 6) is 1.56. The number of hydrogen-bond acceptors (Lipinski definition) is 3. The van der Waals surface area contributed by atoms with Gasteiger partial charge in [-0.25, -0.2) is 4.98 Å². The molecule has 1 aromatic heterocycles. The van der Waals surface area contributed by atoms with Gasteiger partial charge in [-0.15, -0.1) is 0 Å². The van der Waals surface area contributed by atoms with Crippen LogP contribution in [0.3, 0.4) is 0 Å². The van der Waals surface area contributed by atoms with Crippen molar-refractivity contribution in [3.63, 3.8) is 0 Å². The van der Waals surface area contributed by atoms with Crippen LogP contribution in [0, 0.1) is 0 Å². The Morgan fingerprint density at radius 3 is 2.59 bits per heavy atom. The van der Waals surface area contributed by atoms with E-state index in [2.05, 4.69) is 66.0 Å². The van der Waals surface area contributed by atoms with Gasteiger partial charge in [-0.1, -0.05) is 67.0 Å². The van der Waals surface area contributed by atoms with E-state index in [1.165, 1.54) is 5.56 Å². The van der Waals surface area contributed by atoms with Gasteiger partial charge in [0.2, 0.25) is 6.23 Å². The number of benzene rings is 2. The lowest BCUT2D eigenvalue weighted by Crippen LogP contribution is -2.22. The molecule has 4 rings (SSSR count). The largest absolute Gasteiger partial charge is 0.465 e. The predicted molar refractivity (Wildman–Crippen MR) is 110 cm³/mol. The zero-order valence-corrected chi connectivity index (χ0v) is 17.2. The molecule has 0 saturated heterocycles. The summed E-state index contributed by atoms with van der Waals surface area (Å²) in [6.07, 6.45) is 3.40. The van der Waals surface area contributed by atoms with Gasteiger partial charge < -0.3 is 4.74 Å². The fraction of sp³-hybridized carbons (Fsp3) is 0.273. The molecule has 0 spiro atoms. The third-order valence-electron chi connectivity index (χ3n) is 4.89. The van der Waals surface area contributed by atoms with Gasteiger partial charge in [0.15, 0.2) is 5.78 Å². The number of fused-ring (bicyclic) bond motifs is 3. The number of aromatic nitrogens is 2. The molecule has 4 nitrogen and oxygen atoms in total. The molecule has 2 heterocycles. The van der Waals surface area contributed by atoms with Crippen molar-refractivity contribution >= 4 is 21.7 Å². The normalized spacial score (nSPS) is 15.6. The molecule has 1 atom stereocenters. The molecule has 0 N–H and O–H groups in total. The van der Waals surface area contributed by atoms with Gasteiger partial charge in [0.1, 0.15) is 11.6 Å². The lowest BCUT2D eigenvalue weighted by Gasteiger charge is -2.29. The highest BCUT2D eigenvalue weighted by Crippen LogP contribution is 2.40. The van der Waals surface area contributed by atoms with Crippen molar-refractivity contribution in [1.82, 2.24) is 9.55 Å². The van der Waals surface area contributed by atoms with E-state index in [-0.39, 0.29) is 22.8 Å². The molecule has 0 fully saturated rings. The highest BCUT2D eigenvalue weighted by molar-refractivity contribution is 9.09. The van der Waals surface area contributed by atoms with E-state index in [0.717, 1.165) is 17.0 Å². The van der Waals surface area contributed by atoms with Crippen molar-refractivity contribution in [2.24, 2.45) is 0 Å². The van der Waals surface area contributed by atoms with Gasteiger partial charge in [-0.3, -0.25) is 9.36 Å². The standard InChI is InChI=1S/C22H21BrN2O2/c1-22(2,3)16-7-4-14(5-8-16)21-25-11-10-24-20(25)17-9-6-15(18(26)13-23)12-19(17)27-21/h4-12,21H,13H2,1-3H3. The monoisotopic (exact) mass is 424 g/mol. The van der Waals surface area contributed by atoms with Crippen LogP contribution in [0.4, 0.5) is 0 Å². The van der Waals surface area contributed by atoms with E-state index in [1.807, 2.05) is 29.0 Å². The van der Waals surface area contributed by atoms with Crippen LogP contribution in [0.15, 0.2) is 54.9 Å². The van der Waals surface area contributed by atoms with Crippen molar-refractivity contribution in [2.75, 3.05) is 5.33 Å². The summed E-state index contributed by atoms with van der Waals surface area (Å²) >= 11 is 3.23. The maximum absolute atomic E-state index is 12.1. The molecule has 1 unspecified atom stereocenters. The second-order valence-corrected chi connectivity index (χ2v) is 8.33. The SMILES string of the molecule is CC(C)(C)c1ccc(C2Oc3cc(C(=O)CBr)ccc3-c3nccn32)cc1. The van der Waals surface area contributed by atoms with Crippen LogP contribution >= 0.6 is 15.9 Å². The third kappa shape index (κ3) is 3.21. The summed E-state index contributed by atoms with van der Waals surface area (Å²) in [6, 6.07) is 14.0. The van der Waals surface area contributed by atoms with Crippen LogP contribution in [0.5, 0.6) is 5.75 Å². The molecule has 0 saturated carbocycles. The Labute approximate surface area is 167 Å². The van der Waals surface area contributed by atoms with E-state index < -0.39 is 0 Å². The number of carbonyl (C=O) groups excluding carboxylic acids is 1. The Kier molecular flexibility index (Phi) is 4.42. The van der Waals surface area contributed by atoms with Gasteiger partial charge in [-0.05, 0) is 23.1 Å². The molecule has 1 aliphatic rings. The van der Waals surface area contributed by atoms with Crippen LogP contribution in [-0.4, -0.2) is 20.7 Å². The van der Waals surface area contributed by atoms with Gasteiger partial charge in [-0.2, -0.15) is 0 Å². The topological polar surface area (TPSA) is 44.1 Å². The summed E-state index contributed by atoms with van der Waals surface area (Å²) in [5.41, 5.74) is 3.95. The number of alkyl halides is 1. The number of Topliss-reactive ketones (excluding diaryl/α,β-unsaturated/α-hetero) is 1. The van der Waals surface area contributed by atoms with Gasteiger partial charge in [0, 0.05) is 23.5 Å². The van der Waals surface area contributed by atoms with Crippen LogP contribution < -0.4 is 4.74 Å². The maximum atomic E-state index is 12.1. The zero-order valence-electron chi connectivity index (χ0n) is 15.6. The zero-order chi connectivity index (χ0) is 19.2. The number of rotatable bonds is 3. The number of nitrogens with zero attached hydrogens (tertiary/aromatic N) is 2. The fourth-order valence-corrected chi connectivity index (χ4v) is 3.64. The van der Waals surface area contributed by atoms with E-state index >= 15 is 0 Å². The summed E-state index contributed by atoms with van der Waals surface area (Å²) in [5, 5.41) is 0.290. The minimum Gasteiger partial charge on any atom is -0.465 e. The number of ether oxygens (including phenoxy) is 1. The Morgan fingerprint density at radius 1 is 1.19 bits per heavy atom. The van der Waals surface area contributed by atoms with E-state index in [4.69, 9.17) is 4.74 Å². The molecular formula is C22H21BrN2O2. The first-order chi connectivity index (χ1) is 12.9. The molecule has 0 radical (unpaired) electrons. The molecule has 5 heteroatoms. The minimum atomic E-state index is -0.307. The Morgan fingerprint density at radius 2 is 1.93 bits per heavy atom. The smallest absolute Gasteiger partial charge is 0.203 e. The predicted octanol–water partition coefficient (Wildman–Crippen LogP) is 5.36. The lowest BCUT2D eigenvalue weighted by atomic mass is 9.86. The van der Waals surface area contributed by atoms with Crippen LogP contribution in [0.1, 0.15) is 48.5 Å². The fourth-order valence-electron chi connectivity index (χ4n) is 3.32. The molecule has 3 aromatic rings.